The van der Waals surface area contributed by atoms with Crippen molar-refractivity contribution in [2.75, 3.05) is 0 Å². The molecule has 3 nitrogen and oxygen atoms in total. The summed E-state index contributed by atoms with van der Waals surface area (Å²) in [5.74, 6) is -0.851. The standard InChI is InChI=1S/C8H5NO2.Li/c10-7-5-3-1-2-4-6(5)8(11)9-7;/h1-4H,(H,9,10,11);/q;+1/p-1. The van der Waals surface area contributed by atoms with Crippen molar-refractivity contribution in [3.63, 3.8) is 0 Å². The molecule has 0 saturated carbocycles. The van der Waals surface area contributed by atoms with Crippen LogP contribution in [0.2, 0.25) is 0 Å². The number of hydrogen-bond donors (Lipinski definition) is 0. The molecule has 1 heterocycles. The fourth-order valence-corrected chi connectivity index (χ4v) is 1.07. The topological polar surface area (TPSA) is 48.2 Å². The largest absolute Gasteiger partial charge is 1.00 e. The average molecular weight is 153 g/mol. The molecule has 0 saturated heterocycles. The maximum atomic E-state index is 10.9. The number of nitrogens with zero attached hydrogens (tertiary/aromatic N) is 1. The van der Waals surface area contributed by atoms with E-state index in [4.69, 9.17) is 0 Å². The maximum Gasteiger partial charge on any atom is 1.00 e. The molecule has 12 heavy (non-hydrogen) atoms. The summed E-state index contributed by atoms with van der Waals surface area (Å²) in [5, 5.41) is 3.28. The molecular formula is C8H4LiNO2. The fraction of sp³-hybridized carbons (Fsp3) is 0. The first-order chi connectivity index (χ1) is 5.29. The molecule has 0 N–H and O–H groups in total. The van der Waals surface area contributed by atoms with Gasteiger partial charge in [0.25, 0.3) is 0 Å². The Labute approximate surface area is 81.3 Å². The molecule has 4 heteroatoms. The molecule has 1 aliphatic heterocycles. The monoisotopic (exact) mass is 153 g/mol. The van der Waals surface area contributed by atoms with Crippen molar-refractivity contribution in [2.24, 2.45) is 0 Å². The number of carbonyl (C=O) groups is 2. The number of benzene rings is 1. The Balaban J connectivity index is 0.000000720. The van der Waals surface area contributed by atoms with Gasteiger partial charge in [-0.1, -0.05) is 24.3 Å². The van der Waals surface area contributed by atoms with Gasteiger partial charge in [0.1, 0.15) is 0 Å². The van der Waals surface area contributed by atoms with E-state index in [-0.39, 0.29) is 18.9 Å². The average Bonchev–Trinajstić information content (AvgIpc) is 2.30. The van der Waals surface area contributed by atoms with Crippen LogP contribution < -0.4 is 18.9 Å². The van der Waals surface area contributed by atoms with Crippen molar-refractivity contribution in [1.82, 2.24) is 0 Å². The van der Waals surface area contributed by atoms with Gasteiger partial charge < -0.3 is 14.9 Å². The van der Waals surface area contributed by atoms with Gasteiger partial charge in [-0.05, 0) is 0 Å². The number of amides is 2. The molecule has 0 spiro atoms. The van der Waals surface area contributed by atoms with Gasteiger partial charge >= 0.3 is 18.9 Å². The zero-order valence-corrected chi connectivity index (χ0v) is 6.57. The van der Waals surface area contributed by atoms with Crippen molar-refractivity contribution in [3.8, 4) is 0 Å². The minimum Gasteiger partial charge on any atom is -0.587 e. The summed E-state index contributed by atoms with van der Waals surface area (Å²) < 4.78 is 0. The van der Waals surface area contributed by atoms with Crippen molar-refractivity contribution in [1.29, 1.82) is 0 Å². The van der Waals surface area contributed by atoms with Crippen LogP contribution in [0.5, 0.6) is 0 Å². The maximum absolute atomic E-state index is 10.9. The summed E-state index contributed by atoms with van der Waals surface area (Å²) in [7, 11) is 0. The van der Waals surface area contributed by atoms with Crippen LogP contribution >= 0.6 is 0 Å². The summed E-state index contributed by atoms with van der Waals surface area (Å²) in [6.07, 6.45) is 0. The van der Waals surface area contributed by atoms with E-state index in [0.29, 0.717) is 11.1 Å². The molecule has 0 atom stereocenters. The smallest absolute Gasteiger partial charge is 0.587 e. The molecule has 54 valence electrons. The van der Waals surface area contributed by atoms with Gasteiger partial charge in [0.2, 0.25) is 0 Å². The van der Waals surface area contributed by atoms with Crippen LogP contribution in [0.15, 0.2) is 24.3 Å². The third-order valence-corrected chi connectivity index (χ3v) is 1.59. The van der Waals surface area contributed by atoms with Gasteiger partial charge in [0.15, 0.2) is 0 Å². The first-order valence-electron chi connectivity index (χ1n) is 3.18. The minimum absolute atomic E-state index is 0. The Morgan fingerprint density at radius 1 is 0.917 bits per heavy atom. The molecule has 0 unspecified atom stereocenters. The number of imide groups is 1. The van der Waals surface area contributed by atoms with E-state index >= 15 is 0 Å². The predicted molar refractivity (Wildman–Crippen MR) is 38.5 cm³/mol. The van der Waals surface area contributed by atoms with E-state index < -0.39 is 11.8 Å². The molecule has 1 aromatic rings. The van der Waals surface area contributed by atoms with E-state index in [2.05, 4.69) is 5.32 Å². The van der Waals surface area contributed by atoms with Gasteiger partial charge in [0, 0.05) is 11.1 Å². The molecule has 0 aromatic heterocycles. The molecule has 2 amide bonds. The molecule has 0 radical (unpaired) electrons. The fourth-order valence-electron chi connectivity index (χ4n) is 1.07. The summed E-state index contributed by atoms with van der Waals surface area (Å²) in [5.41, 5.74) is 0.829. The molecule has 1 aliphatic rings. The van der Waals surface area contributed by atoms with Crippen LogP contribution in [0.25, 0.3) is 5.32 Å². The zero-order valence-electron chi connectivity index (χ0n) is 6.57. The molecule has 0 aliphatic carbocycles. The molecular weight excluding hydrogens is 149 g/mol. The van der Waals surface area contributed by atoms with Crippen molar-refractivity contribution >= 4 is 11.8 Å². The van der Waals surface area contributed by atoms with Gasteiger partial charge in [0.05, 0.1) is 11.8 Å². The van der Waals surface area contributed by atoms with Crippen LogP contribution in [-0.2, 0) is 0 Å². The Bertz CT molecular complexity index is 316. The van der Waals surface area contributed by atoms with E-state index in [1.165, 1.54) is 0 Å². The van der Waals surface area contributed by atoms with Crippen molar-refractivity contribution in [2.45, 2.75) is 0 Å². The first kappa shape index (κ1) is 9.05. The molecule has 0 fully saturated rings. The molecule has 2 rings (SSSR count). The van der Waals surface area contributed by atoms with Gasteiger partial charge in [-0.3, -0.25) is 0 Å². The van der Waals surface area contributed by atoms with E-state index in [1.807, 2.05) is 0 Å². The zero-order chi connectivity index (χ0) is 7.84. The van der Waals surface area contributed by atoms with E-state index in [0.717, 1.165) is 0 Å². The van der Waals surface area contributed by atoms with Crippen LogP contribution in [0, 0.1) is 0 Å². The second-order valence-electron chi connectivity index (χ2n) is 2.27. The van der Waals surface area contributed by atoms with E-state index in [1.54, 1.807) is 24.3 Å². The SMILES string of the molecule is O=C1[N-]C(=O)c2ccccc21.[Li+]. The number of carbonyl (C=O) groups excluding carboxylic acids is 2. The van der Waals surface area contributed by atoms with Crippen LogP contribution in [-0.4, -0.2) is 11.8 Å². The van der Waals surface area contributed by atoms with Crippen molar-refractivity contribution in [3.05, 3.63) is 40.7 Å². The first-order valence-corrected chi connectivity index (χ1v) is 3.18. The minimum atomic E-state index is -0.425. The Morgan fingerprint density at radius 2 is 1.33 bits per heavy atom. The molecule has 0 bridgehead atoms. The molecule has 1 aromatic carbocycles. The van der Waals surface area contributed by atoms with Crippen LogP contribution in [0.1, 0.15) is 20.7 Å². The van der Waals surface area contributed by atoms with Gasteiger partial charge in [-0.25, -0.2) is 0 Å². The number of rotatable bonds is 0. The van der Waals surface area contributed by atoms with Gasteiger partial charge in [-0.15, -0.1) is 0 Å². The third kappa shape index (κ3) is 1.18. The Kier molecular flexibility index (Phi) is 2.37. The number of hydrogen-bond acceptors (Lipinski definition) is 2. The normalized spacial score (nSPS) is 13.3. The Morgan fingerprint density at radius 3 is 1.75 bits per heavy atom. The number of fused-ring (bicyclic) bond motifs is 1. The van der Waals surface area contributed by atoms with Crippen LogP contribution in [0.4, 0.5) is 0 Å². The second-order valence-corrected chi connectivity index (χ2v) is 2.27. The summed E-state index contributed by atoms with van der Waals surface area (Å²) in [4.78, 5) is 21.8. The van der Waals surface area contributed by atoms with Gasteiger partial charge in [-0.2, -0.15) is 0 Å². The third-order valence-electron chi connectivity index (χ3n) is 1.59. The second kappa shape index (κ2) is 3.14. The summed E-state index contributed by atoms with van der Waals surface area (Å²) in [6.45, 7) is 0. The summed E-state index contributed by atoms with van der Waals surface area (Å²) in [6, 6.07) is 6.63. The quantitative estimate of drug-likeness (QED) is 0.331. The summed E-state index contributed by atoms with van der Waals surface area (Å²) >= 11 is 0. The Hall–Kier alpha value is -1.04. The van der Waals surface area contributed by atoms with Crippen molar-refractivity contribution < 1.29 is 28.4 Å². The van der Waals surface area contributed by atoms with Crippen LogP contribution in [0.3, 0.4) is 0 Å². The predicted octanol–water partition coefficient (Wildman–Crippen LogP) is -1.64. The van der Waals surface area contributed by atoms with E-state index in [9.17, 15) is 9.59 Å².